The van der Waals surface area contributed by atoms with Crippen molar-refractivity contribution in [2.24, 2.45) is 0 Å². The van der Waals surface area contributed by atoms with Gasteiger partial charge in [0, 0.05) is 31.7 Å². The van der Waals surface area contributed by atoms with Crippen LogP contribution in [0.25, 0.3) is 0 Å². The molecule has 7 heteroatoms. The maximum absolute atomic E-state index is 12.9. The van der Waals surface area contributed by atoms with Crippen LogP contribution in [0.15, 0.2) is 24.3 Å². The minimum absolute atomic E-state index is 0.0590. The minimum atomic E-state index is -0.879. The normalized spacial score (nSPS) is 22.7. The van der Waals surface area contributed by atoms with Gasteiger partial charge in [0.15, 0.2) is 0 Å². The third-order valence-corrected chi connectivity index (χ3v) is 4.67. The van der Waals surface area contributed by atoms with Gasteiger partial charge < -0.3 is 20.5 Å². The highest BCUT2D eigenvalue weighted by Crippen LogP contribution is 2.20. The zero-order chi connectivity index (χ0) is 19.3. The van der Waals surface area contributed by atoms with E-state index in [2.05, 4.69) is 43.2 Å². The summed E-state index contributed by atoms with van der Waals surface area (Å²) in [4.78, 5) is 14.4. The fourth-order valence-electron chi connectivity index (χ4n) is 3.14. The second-order valence-corrected chi connectivity index (χ2v) is 7.61. The number of hydrogen-bond donors (Lipinski definition) is 3. The van der Waals surface area contributed by atoms with Crippen LogP contribution in [0.4, 0.5) is 9.18 Å². The van der Waals surface area contributed by atoms with Crippen molar-refractivity contribution >= 4 is 6.03 Å². The van der Waals surface area contributed by atoms with E-state index in [1.54, 1.807) is 0 Å². The Hall–Kier alpha value is -1.70. The Bertz CT molecular complexity index is 584. The van der Waals surface area contributed by atoms with Crippen molar-refractivity contribution in [2.45, 2.75) is 51.5 Å². The molecule has 0 spiro atoms. The molecule has 1 aliphatic rings. The van der Waals surface area contributed by atoms with E-state index < -0.39 is 6.10 Å². The van der Waals surface area contributed by atoms with E-state index in [0.29, 0.717) is 12.1 Å². The standard InChI is InChI=1S/C19H30FN3O3/c1-13-10-23(11-14(2)26-13)19(3,4)12-22-18(25)21-9-17(24)15-5-7-16(20)8-6-15/h5-8,13-14,17,24H,9-12H2,1-4H3,(H2,21,22,25). The number of amides is 2. The molecule has 1 fully saturated rings. The highest BCUT2D eigenvalue weighted by atomic mass is 19.1. The lowest BCUT2D eigenvalue weighted by atomic mass is 10.00. The number of carbonyl (C=O) groups is 1. The zero-order valence-corrected chi connectivity index (χ0v) is 16.0. The van der Waals surface area contributed by atoms with E-state index in [4.69, 9.17) is 4.74 Å². The molecule has 0 radical (unpaired) electrons. The number of halogens is 1. The molecule has 1 heterocycles. The smallest absolute Gasteiger partial charge is 0.314 e. The predicted molar refractivity (Wildman–Crippen MR) is 98.4 cm³/mol. The number of nitrogens with one attached hydrogen (secondary N) is 2. The van der Waals surface area contributed by atoms with Gasteiger partial charge in [-0.3, -0.25) is 4.90 Å². The third kappa shape index (κ3) is 5.93. The van der Waals surface area contributed by atoms with Crippen LogP contribution in [0.1, 0.15) is 39.4 Å². The van der Waals surface area contributed by atoms with Crippen molar-refractivity contribution in [2.75, 3.05) is 26.2 Å². The highest BCUT2D eigenvalue weighted by molar-refractivity contribution is 5.73. The molecule has 0 saturated carbocycles. The summed E-state index contributed by atoms with van der Waals surface area (Å²) in [6.07, 6.45) is -0.550. The number of benzene rings is 1. The summed E-state index contributed by atoms with van der Waals surface area (Å²) < 4.78 is 18.7. The van der Waals surface area contributed by atoms with Crippen molar-refractivity contribution in [3.8, 4) is 0 Å². The lowest BCUT2D eigenvalue weighted by Crippen LogP contribution is -2.59. The Balaban J connectivity index is 1.77. The summed E-state index contributed by atoms with van der Waals surface area (Å²) >= 11 is 0. The maximum atomic E-state index is 12.9. The number of carbonyl (C=O) groups excluding carboxylic acids is 1. The molecule has 1 saturated heterocycles. The van der Waals surface area contributed by atoms with Gasteiger partial charge in [-0.05, 0) is 45.4 Å². The molecule has 146 valence electrons. The van der Waals surface area contributed by atoms with Crippen LogP contribution >= 0.6 is 0 Å². The summed E-state index contributed by atoms with van der Waals surface area (Å²) in [5.41, 5.74) is 0.350. The molecule has 26 heavy (non-hydrogen) atoms. The van der Waals surface area contributed by atoms with Gasteiger partial charge in [0.2, 0.25) is 0 Å². The van der Waals surface area contributed by atoms with Crippen LogP contribution in [-0.4, -0.2) is 60.0 Å². The van der Waals surface area contributed by atoms with Crippen LogP contribution in [0, 0.1) is 5.82 Å². The molecule has 1 aromatic rings. The van der Waals surface area contributed by atoms with Crippen molar-refractivity contribution in [1.29, 1.82) is 0 Å². The molecule has 3 atom stereocenters. The molecule has 1 aliphatic heterocycles. The van der Waals surface area contributed by atoms with E-state index in [0.717, 1.165) is 13.1 Å². The summed E-state index contributed by atoms with van der Waals surface area (Å²) in [6.45, 7) is 10.5. The Labute approximate surface area is 154 Å². The van der Waals surface area contributed by atoms with Crippen molar-refractivity contribution in [3.63, 3.8) is 0 Å². The number of rotatable bonds is 6. The lowest BCUT2D eigenvalue weighted by Gasteiger charge is -2.45. The molecule has 0 aromatic heterocycles. The molecular formula is C19H30FN3O3. The Kier molecular flexibility index (Phi) is 6.97. The molecule has 3 unspecified atom stereocenters. The lowest BCUT2D eigenvalue weighted by molar-refractivity contribution is -0.0947. The van der Waals surface area contributed by atoms with E-state index in [1.165, 1.54) is 24.3 Å². The molecule has 2 amide bonds. The van der Waals surface area contributed by atoms with Crippen molar-refractivity contribution in [1.82, 2.24) is 15.5 Å². The number of aliphatic hydroxyl groups excluding tert-OH is 1. The van der Waals surface area contributed by atoms with Gasteiger partial charge in [0.25, 0.3) is 0 Å². The van der Waals surface area contributed by atoms with Crippen LogP contribution in [-0.2, 0) is 4.74 Å². The van der Waals surface area contributed by atoms with Crippen LogP contribution in [0.2, 0.25) is 0 Å². The predicted octanol–water partition coefficient (Wildman–Crippen LogP) is 2.05. The molecular weight excluding hydrogens is 337 g/mol. The summed E-state index contributed by atoms with van der Waals surface area (Å²) in [7, 11) is 0. The number of hydrogen-bond acceptors (Lipinski definition) is 4. The summed E-state index contributed by atoms with van der Waals surface area (Å²) in [5.74, 6) is -0.361. The Morgan fingerprint density at radius 2 is 1.85 bits per heavy atom. The Morgan fingerprint density at radius 3 is 2.42 bits per heavy atom. The first-order chi connectivity index (χ1) is 12.2. The number of morpholine rings is 1. The third-order valence-electron chi connectivity index (χ3n) is 4.67. The fourth-order valence-corrected chi connectivity index (χ4v) is 3.14. The molecule has 0 aliphatic carbocycles. The van der Waals surface area contributed by atoms with Gasteiger partial charge in [-0.2, -0.15) is 0 Å². The van der Waals surface area contributed by atoms with Crippen LogP contribution in [0.5, 0.6) is 0 Å². The molecule has 0 bridgehead atoms. The average Bonchev–Trinajstić information content (AvgIpc) is 2.57. The fraction of sp³-hybridized carbons (Fsp3) is 0.632. The second-order valence-electron chi connectivity index (χ2n) is 7.61. The number of aliphatic hydroxyl groups is 1. The molecule has 6 nitrogen and oxygen atoms in total. The van der Waals surface area contributed by atoms with E-state index >= 15 is 0 Å². The van der Waals surface area contributed by atoms with Crippen molar-refractivity contribution < 1.29 is 19.0 Å². The second kappa shape index (κ2) is 8.79. The summed E-state index contributed by atoms with van der Waals surface area (Å²) in [5, 5.41) is 15.6. The quantitative estimate of drug-likeness (QED) is 0.719. The van der Waals surface area contributed by atoms with Crippen LogP contribution in [0.3, 0.4) is 0 Å². The Morgan fingerprint density at radius 1 is 1.27 bits per heavy atom. The molecule has 3 N–H and O–H groups in total. The first kappa shape index (κ1) is 20.6. The van der Waals surface area contributed by atoms with Gasteiger partial charge >= 0.3 is 6.03 Å². The maximum Gasteiger partial charge on any atom is 0.314 e. The van der Waals surface area contributed by atoms with Gasteiger partial charge in [0.1, 0.15) is 5.82 Å². The average molecular weight is 367 g/mol. The van der Waals surface area contributed by atoms with Crippen molar-refractivity contribution in [3.05, 3.63) is 35.6 Å². The van der Waals surface area contributed by atoms with E-state index in [1.807, 2.05) is 0 Å². The number of ether oxygens (including phenoxy) is 1. The SMILES string of the molecule is CC1CN(C(C)(C)CNC(=O)NCC(O)c2ccc(F)cc2)CC(C)O1. The monoisotopic (exact) mass is 367 g/mol. The van der Waals surface area contributed by atoms with Gasteiger partial charge in [-0.15, -0.1) is 0 Å². The summed E-state index contributed by atoms with van der Waals surface area (Å²) in [6, 6.07) is 5.23. The molecule has 2 rings (SSSR count). The first-order valence-electron chi connectivity index (χ1n) is 9.03. The van der Waals surface area contributed by atoms with Gasteiger partial charge in [0.05, 0.1) is 18.3 Å². The topological polar surface area (TPSA) is 73.8 Å². The van der Waals surface area contributed by atoms with Gasteiger partial charge in [-0.25, -0.2) is 9.18 Å². The van der Waals surface area contributed by atoms with Crippen LogP contribution < -0.4 is 10.6 Å². The van der Waals surface area contributed by atoms with E-state index in [9.17, 15) is 14.3 Å². The number of nitrogens with zero attached hydrogens (tertiary/aromatic N) is 1. The minimum Gasteiger partial charge on any atom is -0.387 e. The highest BCUT2D eigenvalue weighted by Gasteiger charge is 2.33. The first-order valence-corrected chi connectivity index (χ1v) is 9.03. The zero-order valence-electron chi connectivity index (χ0n) is 16.0. The van der Waals surface area contributed by atoms with E-state index in [-0.39, 0.29) is 36.1 Å². The number of urea groups is 1. The largest absolute Gasteiger partial charge is 0.387 e. The molecule has 1 aromatic carbocycles. The van der Waals surface area contributed by atoms with Gasteiger partial charge in [-0.1, -0.05) is 12.1 Å².